The number of benzene rings is 1. The fourth-order valence-corrected chi connectivity index (χ4v) is 2.80. The Labute approximate surface area is 129 Å². The van der Waals surface area contributed by atoms with Gasteiger partial charge in [0, 0.05) is 30.9 Å². The molecule has 21 heavy (non-hydrogen) atoms. The fourth-order valence-electron chi connectivity index (χ4n) is 2.80. The van der Waals surface area contributed by atoms with Gasteiger partial charge in [-0.2, -0.15) is 0 Å². The van der Waals surface area contributed by atoms with E-state index in [9.17, 15) is 0 Å². The van der Waals surface area contributed by atoms with Crippen molar-refractivity contribution in [3.8, 4) is 0 Å². The molecule has 1 heterocycles. The van der Waals surface area contributed by atoms with Gasteiger partial charge in [0.15, 0.2) is 0 Å². The molecule has 0 unspecified atom stereocenters. The van der Waals surface area contributed by atoms with Crippen LogP contribution in [0.4, 0.5) is 0 Å². The minimum absolute atomic E-state index is 0.368. The highest BCUT2D eigenvalue weighted by Gasteiger charge is 2.16. The van der Waals surface area contributed by atoms with Crippen LogP contribution in [0.25, 0.3) is 10.8 Å². The summed E-state index contributed by atoms with van der Waals surface area (Å²) in [5.74, 6) is 0. The van der Waals surface area contributed by atoms with Gasteiger partial charge in [-0.15, -0.1) is 0 Å². The molecule has 1 aromatic carbocycles. The molecule has 0 aliphatic rings. The molecule has 0 radical (unpaired) electrons. The molecule has 0 saturated heterocycles. The standard InChI is InChI=1S/C19H28N2/c1-4-5-8-11-19(2,3)15-21-14-17-13-20-12-16-9-6-7-10-18(16)17/h6-7,9-10,12-13,21H,4-5,8,11,14-15H2,1-3H3. The highest BCUT2D eigenvalue weighted by atomic mass is 14.9. The highest BCUT2D eigenvalue weighted by Crippen LogP contribution is 2.23. The Morgan fingerprint density at radius 2 is 1.90 bits per heavy atom. The van der Waals surface area contributed by atoms with Crippen LogP contribution in [0, 0.1) is 5.41 Å². The van der Waals surface area contributed by atoms with E-state index >= 15 is 0 Å². The average molecular weight is 284 g/mol. The monoisotopic (exact) mass is 284 g/mol. The van der Waals surface area contributed by atoms with Crippen molar-refractivity contribution in [3.63, 3.8) is 0 Å². The summed E-state index contributed by atoms with van der Waals surface area (Å²) in [4.78, 5) is 4.35. The number of rotatable bonds is 8. The van der Waals surface area contributed by atoms with E-state index in [0.717, 1.165) is 13.1 Å². The predicted molar refractivity (Wildman–Crippen MR) is 91.4 cm³/mol. The number of aromatic nitrogens is 1. The molecule has 1 aromatic heterocycles. The first kappa shape index (κ1) is 16.0. The molecule has 2 rings (SSSR count). The smallest absolute Gasteiger partial charge is 0.0346 e. The van der Waals surface area contributed by atoms with E-state index < -0.39 is 0 Å². The molecule has 1 N–H and O–H groups in total. The van der Waals surface area contributed by atoms with Crippen molar-refractivity contribution in [1.82, 2.24) is 10.3 Å². The van der Waals surface area contributed by atoms with Gasteiger partial charge >= 0.3 is 0 Å². The van der Waals surface area contributed by atoms with Gasteiger partial charge in [0.05, 0.1) is 0 Å². The Morgan fingerprint density at radius 1 is 1.10 bits per heavy atom. The molecule has 0 bridgehead atoms. The van der Waals surface area contributed by atoms with Gasteiger partial charge in [-0.05, 0) is 22.8 Å². The van der Waals surface area contributed by atoms with Crippen molar-refractivity contribution in [1.29, 1.82) is 0 Å². The zero-order valence-electron chi connectivity index (χ0n) is 13.7. The lowest BCUT2D eigenvalue weighted by molar-refractivity contribution is 0.302. The molecule has 0 fully saturated rings. The van der Waals surface area contributed by atoms with E-state index in [-0.39, 0.29) is 0 Å². The van der Waals surface area contributed by atoms with E-state index in [4.69, 9.17) is 0 Å². The molecule has 0 atom stereocenters. The van der Waals surface area contributed by atoms with Gasteiger partial charge < -0.3 is 5.32 Å². The van der Waals surface area contributed by atoms with Crippen molar-refractivity contribution in [3.05, 3.63) is 42.2 Å². The Balaban J connectivity index is 1.90. The average Bonchev–Trinajstić information content (AvgIpc) is 2.47. The van der Waals surface area contributed by atoms with Crippen LogP contribution < -0.4 is 5.32 Å². The molecule has 2 heteroatoms. The SMILES string of the molecule is CCCCCC(C)(C)CNCc1cncc2ccccc12. The van der Waals surface area contributed by atoms with Gasteiger partial charge in [0.2, 0.25) is 0 Å². The molecule has 2 nitrogen and oxygen atoms in total. The summed E-state index contributed by atoms with van der Waals surface area (Å²) in [5, 5.41) is 6.15. The van der Waals surface area contributed by atoms with Crippen molar-refractivity contribution in [2.45, 2.75) is 53.0 Å². The van der Waals surface area contributed by atoms with Crippen molar-refractivity contribution in [2.75, 3.05) is 6.54 Å². The van der Waals surface area contributed by atoms with Crippen LogP contribution in [-0.2, 0) is 6.54 Å². The molecule has 0 saturated carbocycles. The normalized spacial score (nSPS) is 12.0. The first-order chi connectivity index (χ1) is 10.1. The highest BCUT2D eigenvalue weighted by molar-refractivity contribution is 5.84. The number of nitrogens with one attached hydrogen (secondary N) is 1. The van der Waals surface area contributed by atoms with Gasteiger partial charge in [-0.25, -0.2) is 0 Å². The Hall–Kier alpha value is -1.41. The third-order valence-electron chi connectivity index (χ3n) is 4.13. The minimum Gasteiger partial charge on any atom is -0.312 e. The van der Waals surface area contributed by atoms with Gasteiger partial charge in [-0.1, -0.05) is 64.3 Å². The first-order valence-corrected chi connectivity index (χ1v) is 8.15. The van der Waals surface area contributed by atoms with Gasteiger partial charge in [0.25, 0.3) is 0 Å². The van der Waals surface area contributed by atoms with Gasteiger partial charge in [-0.3, -0.25) is 4.98 Å². The summed E-state index contributed by atoms with van der Waals surface area (Å²) in [7, 11) is 0. The number of hydrogen-bond donors (Lipinski definition) is 1. The van der Waals surface area contributed by atoms with Crippen LogP contribution in [0.5, 0.6) is 0 Å². The van der Waals surface area contributed by atoms with Crippen LogP contribution in [0.2, 0.25) is 0 Å². The molecule has 0 aliphatic heterocycles. The first-order valence-electron chi connectivity index (χ1n) is 8.15. The van der Waals surface area contributed by atoms with E-state index in [1.165, 1.54) is 42.0 Å². The number of pyridine rings is 1. The predicted octanol–water partition coefficient (Wildman–Crippen LogP) is 4.93. The van der Waals surface area contributed by atoms with Crippen LogP contribution >= 0.6 is 0 Å². The third kappa shape index (κ3) is 4.82. The van der Waals surface area contributed by atoms with Crippen molar-refractivity contribution >= 4 is 10.8 Å². The largest absolute Gasteiger partial charge is 0.312 e. The Morgan fingerprint density at radius 3 is 2.71 bits per heavy atom. The summed E-state index contributed by atoms with van der Waals surface area (Å²) >= 11 is 0. The Kier molecular flexibility index (Phi) is 5.75. The summed E-state index contributed by atoms with van der Waals surface area (Å²) < 4.78 is 0. The number of fused-ring (bicyclic) bond motifs is 1. The quantitative estimate of drug-likeness (QED) is 0.695. The van der Waals surface area contributed by atoms with E-state index in [2.05, 4.69) is 55.3 Å². The maximum atomic E-state index is 4.35. The molecule has 114 valence electrons. The van der Waals surface area contributed by atoms with Crippen molar-refractivity contribution < 1.29 is 0 Å². The van der Waals surface area contributed by atoms with Crippen LogP contribution in [0.3, 0.4) is 0 Å². The zero-order chi connectivity index (χ0) is 15.1. The lowest BCUT2D eigenvalue weighted by Crippen LogP contribution is -2.29. The second-order valence-corrected chi connectivity index (χ2v) is 6.74. The molecule has 0 amide bonds. The Bertz CT molecular complexity index is 555. The topological polar surface area (TPSA) is 24.9 Å². The summed E-state index contributed by atoms with van der Waals surface area (Å²) in [6.07, 6.45) is 9.19. The summed E-state index contributed by atoms with van der Waals surface area (Å²) in [6, 6.07) is 8.47. The molecule has 0 aliphatic carbocycles. The van der Waals surface area contributed by atoms with Crippen LogP contribution in [-0.4, -0.2) is 11.5 Å². The zero-order valence-corrected chi connectivity index (χ0v) is 13.7. The van der Waals surface area contributed by atoms with Crippen LogP contribution in [0.1, 0.15) is 52.0 Å². The molecular formula is C19H28N2. The third-order valence-corrected chi connectivity index (χ3v) is 4.13. The van der Waals surface area contributed by atoms with E-state index in [1.54, 1.807) is 0 Å². The number of hydrogen-bond acceptors (Lipinski definition) is 2. The second-order valence-electron chi connectivity index (χ2n) is 6.74. The lowest BCUT2D eigenvalue weighted by Gasteiger charge is -2.25. The summed E-state index contributed by atoms with van der Waals surface area (Å²) in [5.41, 5.74) is 1.66. The van der Waals surface area contributed by atoms with Gasteiger partial charge in [0.1, 0.15) is 0 Å². The number of nitrogens with zero attached hydrogens (tertiary/aromatic N) is 1. The van der Waals surface area contributed by atoms with Crippen LogP contribution in [0.15, 0.2) is 36.7 Å². The molecule has 0 spiro atoms. The summed E-state index contributed by atoms with van der Waals surface area (Å²) in [6.45, 7) is 8.93. The minimum atomic E-state index is 0.368. The van der Waals surface area contributed by atoms with Crippen molar-refractivity contribution in [2.24, 2.45) is 5.41 Å². The fraction of sp³-hybridized carbons (Fsp3) is 0.526. The lowest BCUT2D eigenvalue weighted by atomic mass is 9.87. The molecular weight excluding hydrogens is 256 g/mol. The maximum Gasteiger partial charge on any atom is 0.0346 e. The molecule has 2 aromatic rings. The number of unbranched alkanes of at least 4 members (excludes halogenated alkanes) is 2. The maximum absolute atomic E-state index is 4.35. The van der Waals surface area contributed by atoms with E-state index in [1.807, 2.05) is 12.4 Å². The second kappa shape index (κ2) is 7.56. The van der Waals surface area contributed by atoms with E-state index in [0.29, 0.717) is 5.41 Å².